The van der Waals surface area contributed by atoms with E-state index in [1.165, 1.54) is 12.4 Å². The third kappa shape index (κ3) is 20.6. The van der Waals surface area contributed by atoms with Gasteiger partial charge in [0.05, 0.1) is 25.2 Å². The highest BCUT2D eigenvalue weighted by molar-refractivity contribution is 8.00. The van der Waals surface area contributed by atoms with Gasteiger partial charge in [-0.3, -0.25) is 48.6 Å². The van der Waals surface area contributed by atoms with Crippen LogP contribution in [0, 0.1) is 11.8 Å². The molecule has 2 aliphatic rings. The number of nitrogens with two attached hydrogens (primary N) is 3. The summed E-state index contributed by atoms with van der Waals surface area (Å²) in [6, 6.07) is -3.17. The molecular formula is C37H65N13O10S. The number of hydrogen-bond donors (Lipinski definition) is 13. The number of urea groups is 1. The standard InChI is InChI=1S/C37H65N13O10S/c1-20(2)15-22(16-28(52)50-60)34(57)47-24(10-8-14-42-36(39)40)35(58)45-21(3)33(56)44-17-29(53)43-18-30(54)46-23(32(38)55)9-6-7-13-41-27(51)12-5-4-11-26-31-25(19-61-26)48-37(59)49-31/h20-26,31,60H,4-19H2,1-3H3,(H2,38,55)(H,41,51)(H,43,53)(H,44,56)(H,45,58)(H,46,54)(H,47,57)(H,50,52)(H4,39,40,42)(H2,48,49,59)/t21-,22?,23-,24-,25-,26-,31-/m0/s1. The van der Waals surface area contributed by atoms with Crippen molar-refractivity contribution < 1.29 is 48.4 Å². The van der Waals surface area contributed by atoms with Crippen LogP contribution in [0.3, 0.4) is 0 Å². The molecule has 23 nitrogen and oxygen atoms in total. The molecule has 7 atom stereocenters. The van der Waals surface area contributed by atoms with Crippen LogP contribution in [0.5, 0.6) is 0 Å². The molecule has 10 amide bonds. The summed E-state index contributed by atoms with van der Waals surface area (Å²) in [5, 5.41) is 30.3. The number of hydroxylamine groups is 1. The molecule has 2 fully saturated rings. The normalized spacial score (nSPS) is 18.4. The van der Waals surface area contributed by atoms with E-state index in [2.05, 4.69) is 47.5 Å². The number of guanidine groups is 1. The Hall–Kier alpha value is -5.39. The Balaban J connectivity index is 1.71. The number of amides is 10. The maximum atomic E-state index is 13.2. The van der Waals surface area contributed by atoms with E-state index in [1.54, 1.807) is 0 Å². The average Bonchev–Trinajstić information content (AvgIpc) is 3.76. The van der Waals surface area contributed by atoms with Crippen molar-refractivity contribution in [2.24, 2.45) is 34.0 Å². The van der Waals surface area contributed by atoms with E-state index in [0.29, 0.717) is 31.1 Å². The van der Waals surface area contributed by atoms with E-state index in [9.17, 15) is 43.2 Å². The van der Waals surface area contributed by atoms with Crippen molar-refractivity contribution >= 4 is 71.0 Å². The first kappa shape index (κ1) is 51.8. The van der Waals surface area contributed by atoms with Crippen LogP contribution in [-0.4, -0.2) is 132 Å². The summed E-state index contributed by atoms with van der Waals surface area (Å²) in [4.78, 5) is 116. The monoisotopic (exact) mass is 883 g/mol. The van der Waals surface area contributed by atoms with Gasteiger partial charge in [0, 0.05) is 42.9 Å². The van der Waals surface area contributed by atoms with Crippen molar-refractivity contribution in [3.63, 3.8) is 0 Å². The molecule has 0 aliphatic carbocycles. The second kappa shape index (κ2) is 27.5. The van der Waals surface area contributed by atoms with Crippen molar-refractivity contribution in [1.82, 2.24) is 48.0 Å². The second-order valence-corrected chi connectivity index (χ2v) is 16.8. The van der Waals surface area contributed by atoms with Crippen LogP contribution in [0.25, 0.3) is 0 Å². The zero-order valence-corrected chi connectivity index (χ0v) is 36.0. The molecular weight excluding hydrogens is 819 g/mol. The Morgan fingerprint density at radius 2 is 1.48 bits per heavy atom. The molecule has 0 radical (unpaired) electrons. The highest BCUT2D eigenvalue weighted by atomic mass is 32.2. The number of unbranched alkanes of at least 4 members (excludes halogenated alkanes) is 2. The van der Waals surface area contributed by atoms with Gasteiger partial charge in [0.2, 0.25) is 47.3 Å². The van der Waals surface area contributed by atoms with E-state index in [0.717, 1.165) is 25.0 Å². The number of nitrogens with zero attached hydrogens (tertiary/aromatic N) is 1. The van der Waals surface area contributed by atoms with Crippen LogP contribution < -0.4 is 65.2 Å². The van der Waals surface area contributed by atoms with Gasteiger partial charge in [-0.25, -0.2) is 10.3 Å². The van der Waals surface area contributed by atoms with Crippen LogP contribution in [0.1, 0.15) is 91.4 Å². The Labute approximate surface area is 359 Å². The van der Waals surface area contributed by atoms with Crippen LogP contribution >= 0.6 is 11.8 Å². The lowest BCUT2D eigenvalue weighted by Gasteiger charge is -2.24. The van der Waals surface area contributed by atoms with Crippen LogP contribution in [0.15, 0.2) is 4.99 Å². The summed E-state index contributed by atoms with van der Waals surface area (Å²) < 4.78 is 0. The van der Waals surface area contributed by atoms with Gasteiger partial charge < -0.3 is 59.7 Å². The van der Waals surface area contributed by atoms with Crippen LogP contribution in [0.4, 0.5) is 4.79 Å². The lowest BCUT2D eigenvalue weighted by molar-refractivity contribution is -0.137. The topological polar surface area (TPSA) is 373 Å². The maximum Gasteiger partial charge on any atom is 0.315 e. The number of aliphatic imine (C=N–C) groups is 1. The zero-order chi connectivity index (χ0) is 45.5. The minimum absolute atomic E-state index is 0.00234. The Kier molecular flexibility index (Phi) is 23.3. The molecule has 0 aromatic heterocycles. The molecule has 0 aromatic rings. The SMILES string of the molecule is CC(C)CC(CC(=O)NO)C(=O)N[C@@H](CCCN=C(N)N)C(=O)N[C@@H](C)C(=O)NCC(=O)NCC(=O)N[C@@H](CCCCNC(=O)CCCC[C@@H]1SC[C@@H]2NC(=O)N[C@@H]21)C(N)=O. The molecule has 344 valence electrons. The number of rotatable bonds is 29. The molecule has 2 rings (SSSR count). The van der Waals surface area contributed by atoms with Gasteiger partial charge in [0.1, 0.15) is 18.1 Å². The Morgan fingerprint density at radius 3 is 2.15 bits per heavy atom. The van der Waals surface area contributed by atoms with Gasteiger partial charge in [-0.05, 0) is 64.2 Å². The third-order valence-electron chi connectivity index (χ3n) is 9.88. The van der Waals surface area contributed by atoms with Gasteiger partial charge in [-0.1, -0.05) is 20.3 Å². The minimum atomic E-state index is -1.17. The summed E-state index contributed by atoms with van der Waals surface area (Å²) in [6.45, 7) is 4.48. The Morgan fingerprint density at radius 1 is 0.770 bits per heavy atom. The zero-order valence-electron chi connectivity index (χ0n) is 35.1. The fourth-order valence-electron chi connectivity index (χ4n) is 6.72. The third-order valence-corrected chi connectivity index (χ3v) is 11.4. The van der Waals surface area contributed by atoms with Crippen molar-refractivity contribution in [2.45, 2.75) is 127 Å². The Bertz CT molecular complexity index is 1560. The molecule has 24 heteroatoms. The quantitative estimate of drug-likeness (QED) is 0.00881. The number of hydrogen-bond acceptors (Lipinski definition) is 12. The lowest BCUT2D eigenvalue weighted by atomic mass is 9.92. The fourth-order valence-corrected chi connectivity index (χ4v) is 8.26. The summed E-state index contributed by atoms with van der Waals surface area (Å²) in [5.41, 5.74) is 17.7. The average molecular weight is 884 g/mol. The number of carbonyl (C=O) groups excluding carboxylic acids is 9. The molecule has 1 unspecified atom stereocenters. The summed E-state index contributed by atoms with van der Waals surface area (Å²) in [6.07, 6.45) is 4.38. The first-order valence-corrected chi connectivity index (χ1v) is 21.6. The molecule has 2 heterocycles. The van der Waals surface area contributed by atoms with Crippen molar-refractivity contribution in [2.75, 3.05) is 31.9 Å². The summed E-state index contributed by atoms with van der Waals surface area (Å²) >= 11 is 1.83. The number of fused-ring (bicyclic) bond motifs is 1. The van der Waals surface area contributed by atoms with E-state index < -0.39 is 78.5 Å². The molecule has 0 aromatic carbocycles. The second-order valence-electron chi connectivity index (χ2n) is 15.5. The van der Waals surface area contributed by atoms with Crippen molar-refractivity contribution in [1.29, 1.82) is 0 Å². The highest BCUT2D eigenvalue weighted by Gasteiger charge is 2.42. The molecule has 0 spiro atoms. The number of primary amides is 1. The maximum absolute atomic E-state index is 13.2. The van der Waals surface area contributed by atoms with Gasteiger partial charge in [0.15, 0.2) is 5.96 Å². The van der Waals surface area contributed by atoms with Crippen LogP contribution in [0.2, 0.25) is 0 Å². The van der Waals surface area contributed by atoms with Gasteiger partial charge in [-0.15, -0.1) is 0 Å². The number of nitrogens with one attached hydrogen (secondary N) is 9. The lowest BCUT2D eigenvalue weighted by Crippen LogP contribution is -2.54. The number of thioether (sulfide) groups is 1. The van der Waals surface area contributed by atoms with Crippen molar-refractivity contribution in [3.05, 3.63) is 0 Å². The summed E-state index contributed by atoms with van der Waals surface area (Å²) in [7, 11) is 0. The molecule has 0 bridgehead atoms. The molecule has 16 N–H and O–H groups in total. The first-order chi connectivity index (χ1) is 28.9. The predicted octanol–water partition coefficient (Wildman–Crippen LogP) is -3.20. The molecule has 2 aliphatic heterocycles. The van der Waals surface area contributed by atoms with E-state index >= 15 is 0 Å². The first-order valence-electron chi connectivity index (χ1n) is 20.6. The van der Waals surface area contributed by atoms with E-state index in [4.69, 9.17) is 22.4 Å². The summed E-state index contributed by atoms with van der Waals surface area (Å²) in [5.74, 6) is -5.31. The minimum Gasteiger partial charge on any atom is -0.370 e. The number of carbonyl (C=O) groups is 9. The molecule has 0 saturated carbocycles. The van der Waals surface area contributed by atoms with Gasteiger partial charge in [0.25, 0.3) is 0 Å². The van der Waals surface area contributed by atoms with Crippen molar-refractivity contribution in [3.8, 4) is 0 Å². The largest absolute Gasteiger partial charge is 0.370 e. The van der Waals surface area contributed by atoms with Gasteiger partial charge >= 0.3 is 6.03 Å². The highest BCUT2D eigenvalue weighted by Crippen LogP contribution is 2.33. The molecule has 2 saturated heterocycles. The molecule has 61 heavy (non-hydrogen) atoms. The van der Waals surface area contributed by atoms with E-state index in [1.807, 2.05) is 25.6 Å². The van der Waals surface area contributed by atoms with Gasteiger partial charge in [-0.2, -0.15) is 11.8 Å². The smallest absolute Gasteiger partial charge is 0.315 e. The predicted molar refractivity (Wildman–Crippen MR) is 225 cm³/mol. The van der Waals surface area contributed by atoms with Crippen LogP contribution in [-0.2, 0) is 38.4 Å². The van der Waals surface area contributed by atoms with E-state index in [-0.39, 0.29) is 74.5 Å². The fraction of sp³-hybridized carbons (Fsp3) is 0.730.